The molecule has 0 radical (unpaired) electrons. The van der Waals surface area contributed by atoms with E-state index in [0.29, 0.717) is 11.8 Å². The van der Waals surface area contributed by atoms with Gasteiger partial charge in [0.2, 0.25) is 0 Å². The first-order chi connectivity index (χ1) is 13.3. The van der Waals surface area contributed by atoms with Crippen molar-refractivity contribution in [2.75, 3.05) is 0 Å². The van der Waals surface area contributed by atoms with Gasteiger partial charge in [0.25, 0.3) is 5.56 Å². The van der Waals surface area contributed by atoms with Gasteiger partial charge in [-0.25, -0.2) is 9.48 Å². The normalized spacial score (nSPS) is 22.4. The number of esters is 1. The highest BCUT2D eigenvalue weighted by atomic mass is 16.5. The summed E-state index contributed by atoms with van der Waals surface area (Å²) in [6.07, 6.45) is 2.74. The molecule has 1 fully saturated rings. The first-order valence-corrected chi connectivity index (χ1v) is 9.70. The Morgan fingerprint density at radius 3 is 2.57 bits per heavy atom. The second kappa shape index (κ2) is 8.12. The van der Waals surface area contributed by atoms with Crippen molar-refractivity contribution >= 4 is 22.7 Å². The Morgan fingerprint density at radius 2 is 1.93 bits per heavy atom. The Hall–Kier alpha value is -2.70. The van der Waals surface area contributed by atoms with Gasteiger partial charge in [0.15, 0.2) is 5.69 Å². The molecule has 7 heteroatoms. The largest absolute Gasteiger partial charge is 0.476 e. The quantitative estimate of drug-likeness (QED) is 0.793. The Labute approximate surface area is 163 Å². The summed E-state index contributed by atoms with van der Waals surface area (Å²) in [4.78, 5) is 36.8. The summed E-state index contributed by atoms with van der Waals surface area (Å²) < 4.78 is 6.61. The summed E-state index contributed by atoms with van der Waals surface area (Å²) in [6.45, 7) is 5.98. The van der Waals surface area contributed by atoms with Crippen LogP contribution in [0.25, 0.3) is 10.8 Å². The van der Waals surface area contributed by atoms with Crippen LogP contribution in [-0.2, 0) is 16.1 Å². The van der Waals surface area contributed by atoms with Crippen molar-refractivity contribution in [3.05, 3.63) is 40.3 Å². The summed E-state index contributed by atoms with van der Waals surface area (Å²) in [7, 11) is 0. The highest BCUT2D eigenvalue weighted by Gasteiger charge is 2.33. The fourth-order valence-electron chi connectivity index (χ4n) is 4.08. The van der Waals surface area contributed by atoms with Crippen LogP contribution in [0.5, 0.6) is 0 Å². The molecule has 1 saturated carbocycles. The third kappa shape index (κ3) is 4.08. The lowest BCUT2D eigenvalue weighted by Crippen LogP contribution is -2.38. The number of ether oxygens (including phenoxy) is 1. The highest BCUT2D eigenvalue weighted by Crippen LogP contribution is 2.35. The Kier molecular flexibility index (Phi) is 5.82. The van der Waals surface area contributed by atoms with Gasteiger partial charge < -0.3 is 9.84 Å². The third-order valence-electron chi connectivity index (χ3n) is 5.59. The molecule has 1 aliphatic rings. The van der Waals surface area contributed by atoms with Gasteiger partial charge in [0, 0.05) is 5.39 Å². The first-order valence-electron chi connectivity index (χ1n) is 9.70. The van der Waals surface area contributed by atoms with Crippen LogP contribution in [0.3, 0.4) is 0 Å². The number of nitrogens with zero attached hydrogens (tertiary/aromatic N) is 2. The zero-order valence-electron chi connectivity index (χ0n) is 16.4. The number of carbonyl (C=O) groups is 2. The molecule has 1 aliphatic carbocycles. The molecule has 0 spiro atoms. The van der Waals surface area contributed by atoms with E-state index in [0.717, 1.165) is 23.9 Å². The van der Waals surface area contributed by atoms with Gasteiger partial charge in [-0.05, 0) is 36.7 Å². The van der Waals surface area contributed by atoms with E-state index in [4.69, 9.17) is 4.74 Å². The number of carbonyl (C=O) groups excluding carboxylic acids is 1. The van der Waals surface area contributed by atoms with Crippen LogP contribution in [0, 0.1) is 17.8 Å². The number of hydrogen-bond acceptors (Lipinski definition) is 5. The van der Waals surface area contributed by atoms with E-state index >= 15 is 0 Å². The van der Waals surface area contributed by atoms with Gasteiger partial charge in [-0.2, -0.15) is 5.10 Å². The van der Waals surface area contributed by atoms with Crippen molar-refractivity contribution in [3.8, 4) is 0 Å². The van der Waals surface area contributed by atoms with Crippen LogP contribution in [0.15, 0.2) is 29.1 Å². The fourth-order valence-corrected chi connectivity index (χ4v) is 4.08. The molecular weight excluding hydrogens is 360 g/mol. The van der Waals surface area contributed by atoms with E-state index in [1.54, 1.807) is 12.1 Å². The summed E-state index contributed by atoms with van der Waals surface area (Å²) in [6, 6.07) is 6.36. The Bertz CT molecular complexity index is 949. The minimum Gasteiger partial charge on any atom is -0.476 e. The highest BCUT2D eigenvalue weighted by molar-refractivity contribution is 6.01. The molecule has 1 aromatic carbocycles. The molecule has 1 aromatic heterocycles. The number of fused-ring (bicyclic) bond motifs is 1. The van der Waals surface area contributed by atoms with Crippen molar-refractivity contribution in [3.63, 3.8) is 0 Å². The molecule has 0 saturated heterocycles. The van der Waals surface area contributed by atoms with Gasteiger partial charge in [0.05, 0.1) is 5.39 Å². The van der Waals surface area contributed by atoms with Crippen molar-refractivity contribution in [1.29, 1.82) is 0 Å². The topological polar surface area (TPSA) is 98.5 Å². The maximum Gasteiger partial charge on any atom is 0.357 e. The zero-order valence-corrected chi connectivity index (χ0v) is 16.4. The Morgan fingerprint density at radius 1 is 1.25 bits per heavy atom. The average molecular weight is 386 g/mol. The fraction of sp³-hybridized carbons (Fsp3) is 0.524. The first kappa shape index (κ1) is 20.0. The lowest BCUT2D eigenvalue weighted by Gasteiger charge is -2.36. The molecule has 1 heterocycles. The van der Waals surface area contributed by atoms with E-state index in [2.05, 4.69) is 25.9 Å². The standard InChI is InChI=1S/C21H26N2O5/c1-12(2)14-9-8-13(3)10-17(14)28-18(24)11-23-20(25)16-7-5-4-6-15(16)19(22-23)21(26)27/h4-7,12-14,17H,8-11H2,1-3H3,(H,26,27)/t13-,14-,17-/m1/s1. The van der Waals surface area contributed by atoms with Crippen molar-refractivity contribution in [2.24, 2.45) is 17.8 Å². The molecule has 3 atom stereocenters. The molecule has 7 nitrogen and oxygen atoms in total. The van der Waals surface area contributed by atoms with Crippen LogP contribution in [0.2, 0.25) is 0 Å². The summed E-state index contributed by atoms with van der Waals surface area (Å²) in [5.74, 6) is -0.653. The molecule has 0 amide bonds. The molecular formula is C21H26N2O5. The number of carboxylic acid groups (broad SMARTS) is 1. The van der Waals surface area contributed by atoms with Crippen molar-refractivity contribution < 1.29 is 19.4 Å². The number of carboxylic acids is 1. The molecule has 1 N–H and O–H groups in total. The number of aromatic carboxylic acids is 1. The SMILES string of the molecule is CC(C)[C@H]1CC[C@@H](C)C[C@H]1OC(=O)Cn1nc(C(=O)O)c2ccccc2c1=O. The van der Waals surface area contributed by atoms with Crippen LogP contribution < -0.4 is 5.56 Å². The molecule has 0 bridgehead atoms. The molecule has 150 valence electrons. The van der Waals surface area contributed by atoms with E-state index in [1.807, 2.05) is 0 Å². The lowest BCUT2D eigenvalue weighted by atomic mass is 9.75. The van der Waals surface area contributed by atoms with E-state index in [9.17, 15) is 19.5 Å². The van der Waals surface area contributed by atoms with E-state index < -0.39 is 24.0 Å². The van der Waals surface area contributed by atoms with Crippen LogP contribution in [0.1, 0.15) is 50.5 Å². The zero-order chi connectivity index (χ0) is 20.4. The molecule has 28 heavy (non-hydrogen) atoms. The van der Waals surface area contributed by atoms with Gasteiger partial charge in [-0.1, -0.05) is 45.4 Å². The van der Waals surface area contributed by atoms with Crippen LogP contribution in [-0.4, -0.2) is 32.9 Å². The van der Waals surface area contributed by atoms with Gasteiger partial charge in [0.1, 0.15) is 12.6 Å². The van der Waals surface area contributed by atoms with Crippen molar-refractivity contribution in [1.82, 2.24) is 9.78 Å². The van der Waals surface area contributed by atoms with E-state index in [1.165, 1.54) is 12.1 Å². The monoisotopic (exact) mass is 386 g/mol. The van der Waals surface area contributed by atoms with Gasteiger partial charge in [-0.15, -0.1) is 0 Å². The van der Waals surface area contributed by atoms with Crippen LogP contribution in [0.4, 0.5) is 0 Å². The van der Waals surface area contributed by atoms with Gasteiger partial charge in [-0.3, -0.25) is 9.59 Å². The number of rotatable bonds is 5. The number of aromatic nitrogens is 2. The predicted molar refractivity (Wildman–Crippen MR) is 104 cm³/mol. The minimum absolute atomic E-state index is 0.189. The summed E-state index contributed by atoms with van der Waals surface area (Å²) in [5.41, 5.74) is -0.760. The smallest absolute Gasteiger partial charge is 0.357 e. The number of hydrogen-bond donors (Lipinski definition) is 1. The second-order valence-electron chi connectivity index (χ2n) is 8.02. The molecule has 3 rings (SSSR count). The van der Waals surface area contributed by atoms with Crippen molar-refractivity contribution in [2.45, 2.75) is 52.7 Å². The molecule has 0 unspecified atom stereocenters. The summed E-state index contributed by atoms with van der Waals surface area (Å²) in [5, 5.41) is 13.8. The summed E-state index contributed by atoms with van der Waals surface area (Å²) >= 11 is 0. The maximum absolute atomic E-state index is 12.7. The maximum atomic E-state index is 12.7. The number of benzene rings is 1. The second-order valence-corrected chi connectivity index (χ2v) is 8.02. The Balaban J connectivity index is 1.86. The lowest BCUT2D eigenvalue weighted by molar-refractivity contribution is -0.157. The minimum atomic E-state index is -1.25. The average Bonchev–Trinajstić information content (AvgIpc) is 2.63. The third-order valence-corrected chi connectivity index (χ3v) is 5.59. The predicted octanol–water partition coefficient (Wildman–Crippen LogP) is 3.10. The van der Waals surface area contributed by atoms with Crippen LogP contribution >= 0.6 is 0 Å². The molecule has 0 aliphatic heterocycles. The molecule has 2 aromatic rings. The van der Waals surface area contributed by atoms with E-state index in [-0.39, 0.29) is 28.5 Å². The van der Waals surface area contributed by atoms with Gasteiger partial charge >= 0.3 is 11.9 Å².